The number of nitrogens with zero attached hydrogens (tertiary/aromatic N) is 1. The van der Waals surface area contributed by atoms with Crippen molar-refractivity contribution in [2.45, 2.75) is 6.92 Å². The van der Waals surface area contributed by atoms with Gasteiger partial charge in [-0.15, -0.1) is 0 Å². The Balaban J connectivity index is 2.33. The normalized spacial score (nSPS) is 11.3. The van der Waals surface area contributed by atoms with Crippen LogP contribution in [0.4, 0.5) is 5.69 Å². The van der Waals surface area contributed by atoms with Crippen LogP contribution < -0.4 is 4.90 Å². The summed E-state index contributed by atoms with van der Waals surface area (Å²) in [5, 5.41) is 0. The molecule has 2 rings (SSSR count). The zero-order valence-electron chi connectivity index (χ0n) is 10.3. The van der Waals surface area contributed by atoms with Gasteiger partial charge in [0, 0.05) is 18.4 Å². The minimum atomic E-state index is 1.20. The second-order valence-electron chi connectivity index (χ2n) is 3.93. The Kier molecular flexibility index (Phi) is 3.61. The van der Waals surface area contributed by atoms with Gasteiger partial charge in [-0.25, -0.2) is 0 Å². The van der Waals surface area contributed by atoms with E-state index in [2.05, 4.69) is 73.5 Å². The van der Waals surface area contributed by atoms with Crippen LogP contribution in [0.2, 0.25) is 0 Å². The summed E-state index contributed by atoms with van der Waals surface area (Å²) in [6.07, 6.45) is 2.14. The maximum atomic E-state index is 2.20. The van der Waals surface area contributed by atoms with Crippen LogP contribution in [0.3, 0.4) is 0 Å². The van der Waals surface area contributed by atoms with Gasteiger partial charge in [0.25, 0.3) is 0 Å². The van der Waals surface area contributed by atoms with Crippen LogP contribution in [-0.2, 0) is 0 Å². The Hall–Kier alpha value is -2.02. The molecule has 0 atom stereocenters. The van der Waals surface area contributed by atoms with E-state index < -0.39 is 0 Å². The lowest BCUT2D eigenvalue weighted by molar-refractivity contribution is 1.21. The number of allylic oxidation sites excluding steroid dienone is 1. The minimum absolute atomic E-state index is 1.20. The van der Waals surface area contributed by atoms with Gasteiger partial charge in [0.15, 0.2) is 0 Å². The maximum Gasteiger partial charge on any atom is 0.0438 e. The first-order chi connectivity index (χ1) is 8.33. The molecule has 86 valence electrons. The van der Waals surface area contributed by atoms with E-state index in [1.165, 1.54) is 16.9 Å². The molecule has 0 aromatic heterocycles. The van der Waals surface area contributed by atoms with Gasteiger partial charge in [0.1, 0.15) is 0 Å². The molecule has 0 unspecified atom stereocenters. The number of para-hydroxylation sites is 1. The zero-order valence-corrected chi connectivity index (χ0v) is 10.3. The second-order valence-corrected chi connectivity index (χ2v) is 3.93. The fraction of sp³-hybridized carbons (Fsp3) is 0.125. The average molecular weight is 223 g/mol. The van der Waals surface area contributed by atoms with Gasteiger partial charge in [-0.05, 0) is 24.6 Å². The van der Waals surface area contributed by atoms with E-state index in [0.717, 1.165) is 0 Å². The summed E-state index contributed by atoms with van der Waals surface area (Å²) < 4.78 is 0. The molecule has 0 amide bonds. The fourth-order valence-electron chi connectivity index (χ4n) is 1.95. The molecule has 0 saturated carbocycles. The number of hydrogen-bond donors (Lipinski definition) is 0. The highest BCUT2D eigenvalue weighted by molar-refractivity contribution is 5.78. The molecule has 0 N–H and O–H groups in total. The number of hydrogen-bond acceptors (Lipinski definition) is 1. The largest absolute Gasteiger partial charge is 0.344 e. The third-order valence-electron chi connectivity index (χ3n) is 2.85. The monoisotopic (exact) mass is 223 g/mol. The molecule has 0 aliphatic carbocycles. The Morgan fingerprint density at radius 3 is 1.94 bits per heavy atom. The molecule has 0 aliphatic heterocycles. The third kappa shape index (κ3) is 2.56. The van der Waals surface area contributed by atoms with Crippen LogP contribution in [0.5, 0.6) is 0 Å². The second kappa shape index (κ2) is 5.35. The molecule has 2 aromatic carbocycles. The quantitative estimate of drug-likeness (QED) is 0.754. The molecule has 0 bridgehead atoms. The first kappa shape index (κ1) is 11.5. The topological polar surface area (TPSA) is 3.24 Å². The highest BCUT2D eigenvalue weighted by atomic mass is 15.1. The average Bonchev–Trinajstić information content (AvgIpc) is 2.42. The molecular weight excluding hydrogens is 206 g/mol. The van der Waals surface area contributed by atoms with Gasteiger partial charge in [-0.3, -0.25) is 0 Å². The molecule has 0 fully saturated rings. The number of anilines is 1. The summed E-state index contributed by atoms with van der Waals surface area (Å²) in [6.45, 7) is 2.07. The summed E-state index contributed by atoms with van der Waals surface area (Å²) in [7, 11) is 2.09. The maximum absolute atomic E-state index is 2.20. The highest BCUT2D eigenvalue weighted by Crippen LogP contribution is 2.23. The van der Waals surface area contributed by atoms with Crippen molar-refractivity contribution in [3.63, 3.8) is 0 Å². The van der Waals surface area contributed by atoms with E-state index in [9.17, 15) is 0 Å². The van der Waals surface area contributed by atoms with Crippen molar-refractivity contribution in [2.75, 3.05) is 11.9 Å². The van der Waals surface area contributed by atoms with Gasteiger partial charge in [0.05, 0.1) is 0 Å². The molecule has 0 spiro atoms. The van der Waals surface area contributed by atoms with E-state index in [1.807, 2.05) is 12.1 Å². The predicted molar refractivity (Wildman–Crippen MR) is 74.9 cm³/mol. The van der Waals surface area contributed by atoms with Crippen LogP contribution >= 0.6 is 0 Å². The Labute approximate surface area is 103 Å². The van der Waals surface area contributed by atoms with Crippen molar-refractivity contribution in [3.05, 3.63) is 72.3 Å². The summed E-state index contributed by atoms with van der Waals surface area (Å²) in [6, 6.07) is 20.8. The van der Waals surface area contributed by atoms with E-state index in [4.69, 9.17) is 0 Å². The van der Waals surface area contributed by atoms with Crippen LogP contribution in [-0.4, -0.2) is 7.05 Å². The van der Waals surface area contributed by atoms with Gasteiger partial charge in [-0.1, -0.05) is 54.6 Å². The SMILES string of the molecule is C/C=C(\c1ccccc1)N(C)c1ccccc1. The first-order valence-corrected chi connectivity index (χ1v) is 5.83. The Morgan fingerprint density at radius 1 is 0.882 bits per heavy atom. The van der Waals surface area contributed by atoms with E-state index in [1.54, 1.807) is 0 Å². The molecule has 2 aromatic rings. The third-order valence-corrected chi connectivity index (χ3v) is 2.85. The highest BCUT2D eigenvalue weighted by Gasteiger charge is 2.07. The summed E-state index contributed by atoms with van der Waals surface area (Å²) in [5.74, 6) is 0. The van der Waals surface area contributed by atoms with Crippen LogP contribution in [0.1, 0.15) is 12.5 Å². The molecule has 0 radical (unpaired) electrons. The molecule has 17 heavy (non-hydrogen) atoms. The van der Waals surface area contributed by atoms with E-state index in [0.29, 0.717) is 0 Å². The predicted octanol–water partition coefficient (Wildman–Crippen LogP) is 4.18. The smallest absolute Gasteiger partial charge is 0.0438 e. The molecule has 1 heteroatoms. The fourth-order valence-corrected chi connectivity index (χ4v) is 1.95. The molecule has 0 aliphatic rings. The van der Waals surface area contributed by atoms with Crippen molar-refractivity contribution >= 4 is 11.4 Å². The van der Waals surface area contributed by atoms with Crippen LogP contribution in [0, 0.1) is 0 Å². The van der Waals surface area contributed by atoms with Crippen molar-refractivity contribution in [1.29, 1.82) is 0 Å². The van der Waals surface area contributed by atoms with Gasteiger partial charge in [0.2, 0.25) is 0 Å². The Bertz CT molecular complexity index is 485. The van der Waals surface area contributed by atoms with Gasteiger partial charge in [-0.2, -0.15) is 0 Å². The summed E-state index contributed by atoms with van der Waals surface area (Å²) in [5.41, 5.74) is 3.66. The van der Waals surface area contributed by atoms with Crippen molar-refractivity contribution < 1.29 is 0 Å². The standard InChI is InChI=1S/C16H17N/c1-3-16(14-10-6-4-7-11-14)17(2)15-12-8-5-9-13-15/h3-13H,1-2H3/b16-3+. The molecule has 0 saturated heterocycles. The lowest BCUT2D eigenvalue weighted by atomic mass is 10.1. The van der Waals surface area contributed by atoms with Crippen molar-refractivity contribution in [2.24, 2.45) is 0 Å². The lowest BCUT2D eigenvalue weighted by Crippen LogP contribution is -2.14. The summed E-state index contributed by atoms with van der Waals surface area (Å²) in [4.78, 5) is 2.20. The number of rotatable bonds is 3. The first-order valence-electron chi connectivity index (χ1n) is 5.83. The van der Waals surface area contributed by atoms with Crippen molar-refractivity contribution in [3.8, 4) is 0 Å². The Morgan fingerprint density at radius 2 is 1.41 bits per heavy atom. The van der Waals surface area contributed by atoms with E-state index >= 15 is 0 Å². The van der Waals surface area contributed by atoms with Crippen LogP contribution in [0.25, 0.3) is 5.70 Å². The van der Waals surface area contributed by atoms with Crippen molar-refractivity contribution in [1.82, 2.24) is 0 Å². The molecular formula is C16H17N. The van der Waals surface area contributed by atoms with Gasteiger partial charge >= 0.3 is 0 Å². The van der Waals surface area contributed by atoms with E-state index in [-0.39, 0.29) is 0 Å². The zero-order chi connectivity index (χ0) is 12.1. The van der Waals surface area contributed by atoms with Gasteiger partial charge < -0.3 is 4.90 Å². The number of benzene rings is 2. The summed E-state index contributed by atoms with van der Waals surface area (Å²) >= 11 is 0. The molecule has 0 heterocycles. The minimum Gasteiger partial charge on any atom is -0.344 e. The lowest BCUT2D eigenvalue weighted by Gasteiger charge is -2.23. The van der Waals surface area contributed by atoms with Crippen LogP contribution in [0.15, 0.2) is 66.7 Å². The molecule has 1 nitrogen and oxygen atoms in total.